The molecule has 3 atom stereocenters. The summed E-state index contributed by atoms with van der Waals surface area (Å²) in [5.74, 6) is 0.994. The van der Waals surface area contributed by atoms with Crippen molar-refractivity contribution in [1.82, 2.24) is 4.90 Å². The van der Waals surface area contributed by atoms with Crippen molar-refractivity contribution in [3.8, 4) is 5.75 Å². The van der Waals surface area contributed by atoms with Gasteiger partial charge in [-0.05, 0) is 68.0 Å². The van der Waals surface area contributed by atoms with Gasteiger partial charge in [-0.25, -0.2) is 0 Å². The number of hydrogen-bond acceptors (Lipinski definition) is 3. The number of ketones is 1. The van der Waals surface area contributed by atoms with Crippen LogP contribution in [-0.2, 0) is 6.61 Å². The third-order valence-corrected chi connectivity index (χ3v) is 7.06. The molecule has 2 saturated heterocycles. The van der Waals surface area contributed by atoms with E-state index in [4.69, 9.17) is 4.74 Å². The highest BCUT2D eigenvalue weighted by Crippen LogP contribution is 2.40. The second-order valence-corrected chi connectivity index (χ2v) is 9.29. The van der Waals surface area contributed by atoms with Crippen molar-refractivity contribution in [3.05, 3.63) is 107 Å². The van der Waals surface area contributed by atoms with Crippen LogP contribution in [0.4, 0.5) is 0 Å². The molecule has 2 aliphatic rings. The number of hydrogen-bond donors (Lipinski definition) is 0. The maximum absolute atomic E-state index is 13.3. The summed E-state index contributed by atoms with van der Waals surface area (Å²) < 4.78 is 5.88. The highest BCUT2D eigenvalue weighted by atomic mass is 16.5. The Morgan fingerprint density at radius 2 is 1.52 bits per heavy atom. The van der Waals surface area contributed by atoms with Gasteiger partial charge in [0.25, 0.3) is 0 Å². The topological polar surface area (TPSA) is 29.5 Å². The van der Waals surface area contributed by atoms with Gasteiger partial charge in [0.05, 0.1) is 6.04 Å². The molecule has 0 saturated carbocycles. The normalized spacial score (nSPS) is 20.9. The second-order valence-electron chi connectivity index (χ2n) is 9.29. The Bertz CT molecular complexity index is 1090. The van der Waals surface area contributed by atoms with Crippen molar-refractivity contribution in [3.63, 3.8) is 0 Å². The van der Waals surface area contributed by atoms with E-state index in [9.17, 15) is 4.79 Å². The summed E-state index contributed by atoms with van der Waals surface area (Å²) in [6.45, 7) is 2.61. The smallest absolute Gasteiger partial charge is 0.179 e. The van der Waals surface area contributed by atoms with Gasteiger partial charge in [0.15, 0.2) is 5.78 Å². The number of fused-ring (bicyclic) bond motifs is 2. The number of carbonyl (C=O) groups is 1. The largest absolute Gasteiger partial charge is 0.489 e. The van der Waals surface area contributed by atoms with Crippen LogP contribution in [0.15, 0.2) is 90.5 Å². The van der Waals surface area contributed by atoms with E-state index in [1.165, 1.54) is 24.0 Å². The van der Waals surface area contributed by atoms with Crippen molar-refractivity contribution in [2.45, 2.75) is 57.3 Å². The molecule has 3 heteroatoms. The summed E-state index contributed by atoms with van der Waals surface area (Å²) in [4.78, 5) is 15.8. The van der Waals surface area contributed by atoms with Gasteiger partial charge in [-0.15, -0.1) is 0 Å². The fourth-order valence-corrected chi connectivity index (χ4v) is 5.45. The summed E-state index contributed by atoms with van der Waals surface area (Å²) in [5, 5.41) is 0. The van der Waals surface area contributed by atoms with Crippen molar-refractivity contribution in [2.24, 2.45) is 0 Å². The minimum Gasteiger partial charge on any atom is -0.489 e. The second kappa shape index (κ2) is 9.76. The van der Waals surface area contributed by atoms with E-state index in [1.54, 1.807) is 0 Å². The number of ether oxygens (including phenoxy) is 1. The molecule has 3 aromatic rings. The molecule has 0 spiro atoms. The minimum atomic E-state index is -0.100. The molecule has 2 fully saturated rings. The zero-order valence-electron chi connectivity index (χ0n) is 19.2. The highest BCUT2D eigenvalue weighted by molar-refractivity contribution is 6.00. The average Bonchev–Trinajstić information content (AvgIpc) is 3.13. The lowest BCUT2D eigenvalue weighted by Crippen LogP contribution is -2.49. The lowest BCUT2D eigenvalue weighted by atomic mass is 9.92. The van der Waals surface area contributed by atoms with Gasteiger partial charge < -0.3 is 4.74 Å². The number of carbonyl (C=O) groups excluding carboxylic acids is 1. The van der Waals surface area contributed by atoms with E-state index in [0.29, 0.717) is 18.7 Å². The number of rotatable bonds is 7. The molecule has 0 N–H and O–H groups in total. The van der Waals surface area contributed by atoms with Crippen molar-refractivity contribution >= 4 is 11.9 Å². The SMILES string of the molecule is CC(C(=O)c1ccc(OCc2ccccc2)cc1)N1C2CCC1CC(=Cc1ccccc1)C2. The molecule has 0 radical (unpaired) electrons. The van der Waals surface area contributed by atoms with E-state index in [2.05, 4.69) is 48.2 Å². The molecule has 0 aromatic heterocycles. The van der Waals surface area contributed by atoms with E-state index >= 15 is 0 Å². The average molecular weight is 438 g/mol. The third-order valence-electron chi connectivity index (χ3n) is 7.06. The van der Waals surface area contributed by atoms with Crippen LogP contribution in [0.3, 0.4) is 0 Å². The van der Waals surface area contributed by atoms with Crippen LogP contribution in [0.25, 0.3) is 6.08 Å². The number of piperidine rings is 1. The summed E-state index contributed by atoms with van der Waals surface area (Å²) >= 11 is 0. The Labute approximate surface area is 196 Å². The standard InChI is InChI=1S/C30H31NO2/c1-22(30(32)26-12-16-29(17-13-26)33-21-24-10-6-3-7-11-24)31-27-14-15-28(31)20-25(19-27)18-23-8-4-2-5-9-23/h2-13,16-18,22,27-28H,14-15,19-21H2,1H3. The maximum atomic E-state index is 13.3. The molecule has 2 bridgehead atoms. The van der Waals surface area contributed by atoms with Crippen molar-refractivity contribution in [2.75, 3.05) is 0 Å². The molecule has 3 aromatic carbocycles. The van der Waals surface area contributed by atoms with E-state index < -0.39 is 0 Å². The van der Waals surface area contributed by atoms with Gasteiger partial charge in [0.2, 0.25) is 0 Å². The summed E-state index contributed by atoms with van der Waals surface area (Å²) in [6.07, 6.45) is 6.84. The Morgan fingerprint density at radius 1 is 0.909 bits per heavy atom. The first-order chi connectivity index (χ1) is 16.2. The predicted molar refractivity (Wildman–Crippen MR) is 133 cm³/mol. The number of benzene rings is 3. The highest BCUT2D eigenvalue weighted by Gasteiger charge is 2.42. The molecule has 168 valence electrons. The summed E-state index contributed by atoms with van der Waals surface area (Å²) in [5.41, 5.74) is 4.69. The van der Waals surface area contributed by atoms with Crippen molar-refractivity contribution in [1.29, 1.82) is 0 Å². The Hall–Kier alpha value is -3.17. The number of Topliss-reactive ketones (excluding diaryl/α,β-unsaturated/α-hetero) is 1. The van der Waals surface area contributed by atoms with Crippen LogP contribution in [0.2, 0.25) is 0 Å². The van der Waals surface area contributed by atoms with Crippen LogP contribution in [0, 0.1) is 0 Å². The fourth-order valence-electron chi connectivity index (χ4n) is 5.45. The first-order valence-corrected chi connectivity index (χ1v) is 12.0. The summed E-state index contributed by atoms with van der Waals surface area (Å²) in [7, 11) is 0. The van der Waals surface area contributed by atoms with Crippen LogP contribution in [-0.4, -0.2) is 28.8 Å². The van der Waals surface area contributed by atoms with Crippen molar-refractivity contribution < 1.29 is 9.53 Å². The zero-order chi connectivity index (χ0) is 22.6. The molecule has 0 amide bonds. The van der Waals surface area contributed by atoms with Gasteiger partial charge in [-0.2, -0.15) is 0 Å². The quantitative estimate of drug-likeness (QED) is 0.393. The molecular weight excluding hydrogens is 406 g/mol. The molecule has 33 heavy (non-hydrogen) atoms. The van der Waals surface area contributed by atoms with Gasteiger partial charge >= 0.3 is 0 Å². The van der Waals surface area contributed by atoms with Crippen LogP contribution in [0.1, 0.15) is 54.1 Å². The number of nitrogens with zero attached hydrogens (tertiary/aromatic N) is 1. The first kappa shape index (κ1) is 21.7. The first-order valence-electron chi connectivity index (χ1n) is 12.0. The van der Waals surface area contributed by atoms with Gasteiger partial charge in [-0.1, -0.05) is 72.3 Å². The van der Waals surface area contributed by atoms with E-state index in [0.717, 1.165) is 29.7 Å². The molecule has 2 aliphatic heterocycles. The zero-order valence-corrected chi connectivity index (χ0v) is 19.2. The van der Waals surface area contributed by atoms with Crippen LogP contribution < -0.4 is 4.74 Å². The Balaban J connectivity index is 1.22. The monoisotopic (exact) mass is 437 g/mol. The van der Waals surface area contributed by atoms with Gasteiger partial charge in [0, 0.05) is 17.6 Å². The minimum absolute atomic E-state index is 0.100. The Morgan fingerprint density at radius 3 is 2.15 bits per heavy atom. The molecular formula is C30H31NO2. The third kappa shape index (κ3) is 4.94. The molecule has 2 heterocycles. The summed E-state index contributed by atoms with van der Waals surface area (Å²) in [6, 6.07) is 29.2. The van der Waals surface area contributed by atoms with E-state index in [1.807, 2.05) is 54.6 Å². The van der Waals surface area contributed by atoms with E-state index in [-0.39, 0.29) is 11.8 Å². The Kier molecular flexibility index (Phi) is 6.41. The van der Waals surface area contributed by atoms with Crippen LogP contribution >= 0.6 is 0 Å². The van der Waals surface area contributed by atoms with Crippen LogP contribution in [0.5, 0.6) is 5.75 Å². The molecule has 3 unspecified atom stereocenters. The van der Waals surface area contributed by atoms with Gasteiger partial charge in [0.1, 0.15) is 12.4 Å². The maximum Gasteiger partial charge on any atom is 0.179 e. The molecule has 3 nitrogen and oxygen atoms in total. The fraction of sp³-hybridized carbons (Fsp3) is 0.300. The predicted octanol–water partition coefficient (Wildman–Crippen LogP) is 6.55. The molecule has 0 aliphatic carbocycles. The van der Waals surface area contributed by atoms with Gasteiger partial charge in [-0.3, -0.25) is 9.69 Å². The molecule has 5 rings (SSSR count). The lowest BCUT2D eigenvalue weighted by molar-refractivity contribution is 0.0701. The lowest BCUT2D eigenvalue weighted by Gasteiger charge is -2.39.